The summed E-state index contributed by atoms with van der Waals surface area (Å²) in [6, 6.07) is 0. The van der Waals surface area contributed by atoms with Crippen LogP contribution in [0.1, 0.15) is 32.6 Å². The number of rotatable bonds is 7. The van der Waals surface area contributed by atoms with Crippen molar-refractivity contribution < 1.29 is 9.53 Å². The van der Waals surface area contributed by atoms with Crippen LogP contribution in [-0.2, 0) is 9.53 Å². The van der Waals surface area contributed by atoms with Gasteiger partial charge < -0.3 is 15.8 Å². The quantitative estimate of drug-likeness (QED) is 0.612. The molecule has 0 heterocycles. The van der Waals surface area contributed by atoms with Crippen LogP contribution >= 0.6 is 0 Å². The monoisotopic (exact) mass is 214 g/mol. The van der Waals surface area contributed by atoms with Crippen LogP contribution in [0.3, 0.4) is 0 Å². The maximum Gasteiger partial charge on any atom is 0.237 e. The molecular formula is C11H22N2O2. The lowest BCUT2D eigenvalue weighted by molar-refractivity contribution is -0.124. The van der Waals surface area contributed by atoms with E-state index in [0.717, 1.165) is 6.42 Å². The van der Waals surface area contributed by atoms with Crippen LogP contribution < -0.4 is 11.1 Å². The van der Waals surface area contributed by atoms with Gasteiger partial charge in [0.15, 0.2) is 0 Å². The van der Waals surface area contributed by atoms with Gasteiger partial charge in [-0.1, -0.05) is 19.3 Å². The number of ether oxygens (including phenoxy) is 1. The molecular weight excluding hydrogens is 192 g/mol. The van der Waals surface area contributed by atoms with E-state index in [1.54, 1.807) is 7.11 Å². The molecule has 4 heteroatoms. The Balaban J connectivity index is 2.40. The maximum atomic E-state index is 11.4. The first-order valence-electron chi connectivity index (χ1n) is 5.62. The molecule has 1 rings (SSSR count). The van der Waals surface area contributed by atoms with Gasteiger partial charge in [0.1, 0.15) is 0 Å². The topological polar surface area (TPSA) is 64.3 Å². The number of amides is 1. The van der Waals surface area contributed by atoms with Crippen LogP contribution in [0.25, 0.3) is 0 Å². The van der Waals surface area contributed by atoms with Crippen LogP contribution in [-0.4, -0.2) is 31.7 Å². The molecule has 1 atom stereocenters. The van der Waals surface area contributed by atoms with Crippen LogP contribution in [0.2, 0.25) is 0 Å². The zero-order valence-corrected chi connectivity index (χ0v) is 9.71. The Bertz CT molecular complexity index is 217. The second-order valence-electron chi connectivity index (χ2n) is 4.62. The van der Waals surface area contributed by atoms with Crippen molar-refractivity contribution in [1.82, 2.24) is 5.32 Å². The number of primary amides is 1. The highest BCUT2D eigenvalue weighted by Gasteiger charge is 2.35. The number of methoxy groups -OCH3 is 1. The minimum absolute atomic E-state index is 0.259. The molecule has 1 saturated carbocycles. The van der Waals surface area contributed by atoms with E-state index in [4.69, 9.17) is 10.5 Å². The first-order chi connectivity index (χ1) is 7.08. The number of nitrogens with two attached hydrogens (primary N) is 1. The standard InChI is InChI=1S/C11H22N2O2/c1-11(10(12)14,13-6-7-15-2)8-9-4-3-5-9/h9,13H,3-8H2,1-2H3,(H2,12,14). The summed E-state index contributed by atoms with van der Waals surface area (Å²) < 4.78 is 4.95. The van der Waals surface area contributed by atoms with Crippen molar-refractivity contribution in [3.05, 3.63) is 0 Å². The molecule has 0 aromatic carbocycles. The number of carbonyl (C=O) groups is 1. The van der Waals surface area contributed by atoms with Crippen molar-refractivity contribution >= 4 is 5.91 Å². The molecule has 15 heavy (non-hydrogen) atoms. The van der Waals surface area contributed by atoms with Gasteiger partial charge in [-0.15, -0.1) is 0 Å². The van der Waals surface area contributed by atoms with Gasteiger partial charge in [-0.25, -0.2) is 0 Å². The van der Waals surface area contributed by atoms with Gasteiger partial charge in [0.25, 0.3) is 0 Å². The van der Waals surface area contributed by atoms with Gasteiger partial charge >= 0.3 is 0 Å². The Labute approximate surface area is 91.5 Å². The average molecular weight is 214 g/mol. The second-order valence-corrected chi connectivity index (χ2v) is 4.62. The molecule has 1 fully saturated rings. The van der Waals surface area contributed by atoms with Crippen LogP contribution in [0.5, 0.6) is 0 Å². The Morgan fingerprint density at radius 3 is 2.67 bits per heavy atom. The fraction of sp³-hybridized carbons (Fsp3) is 0.909. The summed E-state index contributed by atoms with van der Waals surface area (Å²) >= 11 is 0. The van der Waals surface area contributed by atoms with Crippen molar-refractivity contribution in [2.24, 2.45) is 11.7 Å². The van der Waals surface area contributed by atoms with E-state index in [-0.39, 0.29) is 5.91 Å². The SMILES string of the molecule is COCCNC(C)(CC1CCC1)C(N)=O. The summed E-state index contributed by atoms with van der Waals surface area (Å²) in [5.41, 5.74) is 4.87. The Kier molecular flexibility index (Phi) is 4.54. The smallest absolute Gasteiger partial charge is 0.237 e. The van der Waals surface area contributed by atoms with Crippen LogP contribution in [0.15, 0.2) is 0 Å². The summed E-state index contributed by atoms with van der Waals surface area (Å²) in [4.78, 5) is 11.4. The van der Waals surface area contributed by atoms with Crippen molar-refractivity contribution in [1.29, 1.82) is 0 Å². The summed E-state index contributed by atoms with van der Waals surface area (Å²) in [5.74, 6) is 0.406. The lowest BCUT2D eigenvalue weighted by Crippen LogP contribution is -2.55. The first kappa shape index (κ1) is 12.5. The van der Waals surface area contributed by atoms with E-state index in [1.807, 2.05) is 6.92 Å². The summed E-state index contributed by atoms with van der Waals surface area (Å²) in [6.45, 7) is 3.17. The summed E-state index contributed by atoms with van der Waals surface area (Å²) in [7, 11) is 1.65. The lowest BCUT2D eigenvalue weighted by Gasteiger charge is -2.35. The van der Waals surface area contributed by atoms with Gasteiger partial charge in [0.2, 0.25) is 5.91 Å². The molecule has 3 N–H and O–H groups in total. The van der Waals surface area contributed by atoms with Gasteiger partial charge in [-0.2, -0.15) is 0 Å². The molecule has 0 radical (unpaired) electrons. The van der Waals surface area contributed by atoms with Crippen molar-refractivity contribution in [2.75, 3.05) is 20.3 Å². The minimum Gasteiger partial charge on any atom is -0.383 e. The molecule has 0 spiro atoms. The fourth-order valence-electron chi connectivity index (χ4n) is 1.96. The van der Waals surface area contributed by atoms with Crippen molar-refractivity contribution in [2.45, 2.75) is 38.1 Å². The molecule has 1 aliphatic rings. The lowest BCUT2D eigenvalue weighted by atomic mass is 9.76. The zero-order chi connectivity index (χ0) is 11.3. The second kappa shape index (κ2) is 5.47. The molecule has 0 bridgehead atoms. The molecule has 0 aliphatic heterocycles. The number of hydrogen-bond acceptors (Lipinski definition) is 3. The van der Waals surface area contributed by atoms with Gasteiger partial charge in [-0.05, 0) is 19.3 Å². The van der Waals surface area contributed by atoms with Crippen LogP contribution in [0, 0.1) is 5.92 Å². The van der Waals surface area contributed by atoms with Gasteiger partial charge in [0, 0.05) is 13.7 Å². The van der Waals surface area contributed by atoms with Crippen molar-refractivity contribution in [3.8, 4) is 0 Å². The minimum atomic E-state index is -0.566. The summed E-state index contributed by atoms with van der Waals surface area (Å²) in [5, 5.41) is 3.20. The van der Waals surface area contributed by atoms with Gasteiger partial charge in [-0.3, -0.25) is 4.79 Å². The number of carbonyl (C=O) groups excluding carboxylic acids is 1. The number of hydrogen-bond donors (Lipinski definition) is 2. The third-order valence-corrected chi connectivity index (χ3v) is 3.29. The Morgan fingerprint density at radius 1 is 1.60 bits per heavy atom. The molecule has 0 saturated heterocycles. The maximum absolute atomic E-state index is 11.4. The molecule has 88 valence electrons. The highest BCUT2D eigenvalue weighted by atomic mass is 16.5. The fourth-order valence-corrected chi connectivity index (χ4v) is 1.96. The van der Waals surface area contributed by atoms with Crippen molar-refractivity contribution in [3.63, 3.8) is 0 Å². The van der Waals surface area contributed by atoms with E-state index >= 15 is 0 Å². The zero-order valence-electron chi connectivity index (χ0n) is 9.71. The van der Waals surface area contributed by atoms with E-state index in [2.05, 4.69) is 5.32 Å². The molecule has 1 aliphatic carbocycles. The highest BCUT2D eigenvalue weighted by Crippen LogP contribution is 2.33. The summed E-state index contributed by atoms with van der Waals surface area (Å²) in [6.07, 6.45) is 4.60. The first-order valence-corrected chi connectivity index (χ1v) is 5.62. The third kappa shape index (κ3) is 3.47. The van der Waals surface area contributed by atoms with E-state index in [1.165, 1.54) is 19.3 Å². The normalized spacial score (nSPS) is 20.7. The molecule has 0 aromatic rings. The predicted molar refractivity (Wildman–Crippen MR) is 59.4 cm³/mol. The number of nitrogens with one attached hydrogen (secondary N) is 1. The predicted octanol–water partition coefficient (Wildman–Crippen LogP) is 0.657. The average Bonchev–Trinajstić information content (AvgIpc) is 2.12. The largest absolute Gasteiger partial charge is 0.383 e. The third-order valence-electron chi connectivity index (χ3n) is 3.29. The molecule has 4 nitrogen and oxygen atoms in total. The van der Waals surface area contributed by atoms with Crippen LogP contribution in [0.4, 0.5) is 0 Å². The van der Waals surface area contributed by atoms with E-state index in [0.29, 0.717) is 19.1 Å². The van der Waals surface area contributed by atoms with E-state index < -0.39 is 5.54 Å². The highest BCUT2D eigenvalue weighted by molar-refractivity contribution is 5.84. The van der Waals surface area contributed by atoms with E-state index in [9.17, 15) is 4.79 Å². The Hall–Kier alpha value is -0.610. The molecule has 1 amide bonds. The van der Waals surface area contributed by atoms with Gasteiger partial charge in [0.05, 0.1) is 12.1 Å². The Morgan fingerprint density at radius 2 is 2.27 bits per heavy atom. The molecule has 1 unspecified atom stereocenters. The molecule has 0 aromatic heterocycles.